The first-order valence-electron chi connectivity index (χ1n) is 9.50. The predicted molar refractivity (Wildman–Crippen MR) is 112 cm³/mol. The molecular weight excluding hydrogens is 425 g/mol. The standard InChI is InChI=1S/C23H15F3N2O2S/c24-15-7-5-14(6-8-15)12-27-20-4-2-1-3-17(20)23(22(27)30)28(21(29)13-31-23)16-9-10-18(25)19(26)11-16/h1-11H,12-13H2/t23-/m1/s1. The van der Waals surface area contributed by atoms with E-state index in [0.29, 0.717) is 11.3 Å². The molecule has 5 rings (SSSR count). The maximum atomic E-state index is 14.0. The summed E-state index contributed by atoms with van der Waals surface area (Å²) in [6, 6.07) is 16.1. The molecule has 1 fully saturated rings. The van der Waals surface area contributed by atoms with Crippen molar-refractivity contribution in [2.24, 2.45) is 0 Å². The maximum Gasteiger partial charge on any atom is 0.269 e. The van der Waals surface area contributed by atoms with E-state index in [4.69, 9.17) is 0 Å². The minimum atomic E-state index is -1.42. The van der Waals surface area contributed by atoms with Gasteiger partial charge in [0.25, 0.3) is 5.91 Å². The highest BCUT2D eigenvalue weighted by molar-refractivity contribution is 8.02. The average molecular weight is 440 g/mol. The molecule has 3 aromatic rings. The summed E-state index contributed by atoms with van der Waals surface area (Å²) >= 11 is 1.15. The van der Waals surface area contributed by atoms with Gasteiger partial charge in [0.05, 0.1) is 18.0 Å². The van der Waals surface area contributed by atoms with Gasteiger partial charge in [0.2, 0.25) is 10.8 Å². The zero-order chi connectivity index (χ0) is 21.8. The molecule has 0 unspecified atom stereocenters. The molecule has 0 aromatic heterocycles. The predicted octanol–water partition coefficient (Wildman–Crippen LogP) is 4.58. The van der Waals surface area contributed by atoms with Crippen molar-refractivity contribution >= 4 is 35.0 Å². The summed E-state index contributed by atoms with van der Waals surface area (Å²) in [5.74, 6) is -3.23. The van der Waals surface area contributed by atoms with Crippen LogP contribution >= 0.6 is 11.8 Å². The number of thioether (sulfide) groups is 1. The number of amides is 2. The van der Waals surface area contributed by atoms with Gasteiger partial charge >= 0.3 is 0 Å². The van der Waals surface area contributed by atoms with Crippen LogP contribution in [0.3, 0.4) is 0 Å². The highest BCUT2D eigenvalue weighted by Gasteiger charge is 2.60. The maximum absolute atomic E-state index is 14.0. The van der Waals surface area contributed by atoms with Crippen LogP contribution in [0.15, 0.2) is 66.7 Å². The molecule has 31 heavy (non-hydrogen) atoms. The SMILES string of the molecule is O=C1CS[C@]2(C(=O)N(Cc3ccc(F)cc3)c3ccccc32)N1c1ccc(F)c(F)c1. The molecule has 2 aliphatic rings. The van der Waals surface area contributed by atoms with E-state index in [1.165, 1.54) is 23.1 Å². The Morgan fingerprint density at radius 3 is 2.39 bits per heavy atom. The van der Waals surface area contributed by atoms with Crippen LogP contribution in [0.2, 0.25) is 0 Å². The van der Waals surface area contributed by atoms with Crippen molar-refractivity contribution in [1.29, 1.82) is 0 Å². The van der Waals surface area contributed by atoms with E-state index < -0.39 is 16.5 Å². The Kier molecular flexibility index (Phi) is 4.55. The molecule has 1 saturated heterocycles. The Bertz CT molecular complexity index is 1220. The smallest absolute Gasteiger partial charge is 0.269 e. The molecule has 2 aliphatic heterocycles. The van der Waals surface area contributed by atoms with E-state index in [9.17, 15) is 22.8 Å². The number of hydrogen-bond donors (Lipinski definition) is 0. The van der Waals surface area contributed by atoms with Crippen LogP contribution in [0.1, 0.15) is 11.1 Å². The summed E-state index contributed by atoms with van der Waals surface area (Å²) in [6.07, 6.45) is 0. The largest absolute Gasteiger partial charge is 0.304 e. The van der Waals surface area contributed by atoms with Gasteiger partial charge in [-0.1, -0.05) is 30.3 Å². The lowest BCUT2D eigenvalue weighted by Crippen LogP contribution is -2.49. The Morgan fingerprint density at radius 2 is 1.65 bits per heavy atom. The van der Waals surface area contributed by atoms with Gasteiger partial charge in [-0.15, -0.1) is 11.8 Å². The van der Waals surface area contributed by atoms with Crippen molar-refractivity contribution < 1.29 is 22.8 Å². The van der Waals surface area contributed by atoms with E-state index in [1.807, 2.05) is 0 Å². The first kappa shape index (κ1) is 19.7. The monoisotopic (exact) mass is 440 g/mol. The van der Waals surface area contributed by atoms with E-state index >= 15 is 0 Å². The zero-order valence-corrected chi connectivity index (χ0v) is 16.8. The first-order valence-corrected chi connectivity index (χ1v) is 10.5. The van der Waals surface area contributed by atoms with Crippen LogP contribution in [-0.2, 0) is 21.0 Å². The summed E-state index contributed by atoms with van der Waals surface area (Å²) < 4.78 is 40.8. The molecule has 3 aromatic carbocycles. The summed E-state index contributed by atoms with van der Waals surface area (Å²) in [5.41, 5.74) is 2.05. The molecule has 0 saturated carbocycles. The number of carbonyl (C=O) groups is 2. The van der Waals surface area contributed by atoms with Crippen molar-refractivity contribution in [2.75, 3.05) is 15.6 Å². The molecule has 8 heteroatoms. The second kappa shape index (κ2) is 7.16. The lowest BCUT2D eigenvalue weighted by atomic mass is 10.0. The third-order valence-electron chi connectivity index (χ3n) is 5.48. The van der Waals surface area contributed by atoms with E-state index in [2.05, 4.69) is 0 Å². The number of benzene rings is 3. The second-order valence-corrected chi connectivity index (χ2v) is 8.46. The molecule has 2 heterocycles. The number of carbonyl (C=O) groups excluding carboxylic acids is 2. The van der Waals surface area contributed by atoms with Crippen LogP contribution in [-0.4, -0.2) is 17.6 Å². The van der Waals surface area contributed by atoms with Gasteiger partial charge in [-0.05, 0) is 35.9 Å². The first-order chi connectivity index (χ1) is 14.9. The van der Waals surface area contributed by atoms with Crippen LogP contribution in [0.4, 0.5) is 24.5 Å². The van der Waals surface area contributed by atoms with Gasteiger partial charge in [-0.2, -0.15) is 0 Å². The van der Waals surface area contributed by atoms with E-state index in [1.54, 1.807) is 41.3 Å². The number of halogens is 3. The molecule has 4 nitrogen and oxygen atoms in total. The molecule has 0 bridgehead atoms. The topological polar surface area (TPSA) is 40.6 Å². The number of fused-ring (bicyclic) bond motifs is 2. The highest BCUT2D eigenvalue weighted by atomic mass is 32.2. The van der Waals surface area contributed by atoms with Gasteiger partial charge in [-0.3, -0.25) is 14.5 Å². The number of hydrogen-bond acceptors (Lipinski definition) is 3. The average Bonchev–Trinajstić information content (AvgIpc) is 3.23. The van der Waals surface area contributed by atoms with Crippen LogP contribution in [0.25, 0.3) is 0 Å². The number of nitrogens with zero attached hydrogens (tertiary/aromatic N) is 2. The van der Waals surface area contributed by atoms with Crippen molar-refractivity contribution in [3.8, 4) is 0 Å². The van der Waals surface area contributed by atoms with E-state index in [0.717, 1.165) is 29.5 Å². The molecule has 156 valence electrons. The fourth-order valence-electron chi connectivity index (χ4n) is 4.11. The molecule has 0 N–H and O–H groups in total. The molecule has 0 radical (unpaired) electrons. The summed E-state index contributed by atoms with van der Waals surface area (Å²) in [5, 5.41) is 0. The van der Waals surface area contributed by atoms with Crippen LogP contribution < -0.4 is 9.80 Å². The Hall–Kier alpha value is -3.26. The fraction of sp³-hybridized carbons (Fsp3) is 0.130. The molecule has 1 atom stereocenters. The van der Waals surface area contributed by atoms with Crippen LogP contribution in [0, 0.1) is 17.5 Å². The quantitative estimate of drug-likeness (QED) is 0.599. The van der Waals surface area contributed by atoms with Gasteiger partial charge in [0, 0.05) is 17.3 Å². The number of para-hydroxylation sites is 1. The lowest BCUT2D eigenvalue weighted by Gasteiger charge is -2.33. The zero-order valence-electron chi connectivity index (χ0n) is 16.0. The van der Waals surface area contributed by atoms with Gasteiger partial charge in [0.15, 0.2) is 11.6 Å². The second-order valence-electron chi connectivity index (χ2n) is 7.30. The number of anilines is 2. The van der Waals surface area contributed by atoms with E-state index in [-0.39, 0.29) is 35.6 Å². The lowest BCUT2D eigenvalue weighted by molar-refractivity contribution is -0.123. The fourth-order valence-corrected chi connectivity index (χ4v) is 5.47. The Morgan fingerprint density at radius 1 is 0.903 bits per heavy atom. The van der Waals surface area contributed by atoms with Gasteiger partial charge < -0.3 is 4.90 Å². The molecule has 1 spiro atoms. The van der Waals surface area contributed by atoms with Gasteiger partial charge in [0.1, 0.15) is 5.82 Å². The summed E-state index contributed by atoms with van der Waals surface area (Å²) in [4.78, 5) is 28.1. The summed E-state index contributed by atoms with van der Waals surface area (Å²) in [6.45, 7) is 0.179. The molecule has 0 aliphatic carbocycles. The van der Waals surface area contributed by atoms with Crippen molar-refractivity contribution in [2.45, 2.75) is 11.4 Å². The third kappa shape index (κ3) is 2.93. The van der Waals surface area contributed by atoms with Crippen molar-refractivity contribution in [1.82, 2.24) is 0 Å². The van der Waals surface area contributed by atoms with Gasteiger partial charge in [-0.25, -0.2) is 13.2 Å². The molecule has 2 amide bonds. The highest BCUT2D eigenvalue weighted by Crippen LogP contribution is 2.56. The van der Waals surface area contributed by atoms with Crippen molar-refractivity contribution in [3.63, 3.8) is 0 Å². The summed E-state index contributed by atoms with van der Waals surface area (Å²) in [7, 11) is 0. The third-order valence-corrected chi connectivity index (χ3v) is 6.87. The van der Waals surface area contributed by atoms with Crippen molar-refractivity contribution in [3.05, 3.63) is 95.3 Å². The Labute approximate surface area is 180 Å². The number of rotatable bonds is 3. The molecular formula is C23H15F3N2O2S. The van der Waals surface area contributed by atoms with Crippen LogP contribution in [0.5, 0.6) is 0 Å². The normalized spacial score (nSPS) is 20.1. The minimum absolute atomic E-state index is 0.0173. The Balaban J connectivity index is 1.63. The minimum Gasteiger partial charge on any atom is -0.304 e.